The third-order valence-corrected chi connectivity index (χ3v) is 9.26. The van der Waals surface area contributed by atoms with Crippen molar-refractivity contribution in [1.82, 2.24) is 4.90 Å². The van der Waals surface area contributed by atoms with Crippen LogP contribution in [0.1, 0.15) is 81.8 Å². The van der Waals surface area contributed by atoms with Crippen molar-refractivity contribution < 1.29 is 18.7 Å². The Hall–Kier alpha value is -1.65. The number of halogens is 2. The Balaban J connectivity index is 1.38. The lowest BCUT2D eigenvalue weighted by Crippen LogP contribution is -2.47. The van der Waals surface area contributed by atoms with E-state index in [0.717, 1.165) is 45.2 Å². The number of phenols is 1. The number of likely N-dealkylation sites (tertiary alicyclic amines) is 1. The Morgan fingerprint density at radius 1 is 1.19 bits per heavy atom. The van der Waals surface area contributed by atoms with Crippen LogP contribution in [0.15, 0.2) is 18.2 Å². The maximum absolute atomic E-state index is 15.4. The van der Waals surface area contributed by atoms with Gasteiger partial charge < -0.3 is 10.0 Å². The lowest BCUT2D eigenvalue weighted by molar-refractivity contribution is -0.134. The second kappa shape index (κ2) is 7.74. The summed E-state index contributed by atoms with van der Waals surface area (Å²) >= 11 is 0. The van der Waals surface area contributed by atoms with Crippen LogP contribution in [0.4, 0.5) is 8.78 Å². The molecular formula is C26H35F2NO2. The molecule has 1 amide bonds. The number of fused-ring (bicyclic) bond motifs is 5. The fourth-order valence-electron chi connectivity index (χ4n) is 7.70. The number of hydrogen-bond donors (Lipinski definition) is 1. The average Bonchev–Trinajstić information content (AvgIpc) is 2.97. The van der Waals surface area contributed by atoms with Crippen molar-refractivity contribution in [2.75, 3.05) is 13.1 Å². The van der Waals surface area contributed by atoms with Crippen molar-refractivity contribution in [1.29, 1.82) is 0 Å². The topological polar surface area (TPSA) is 40.5 Å². The second-order valence-corrected chi connectivity index (χ2v) is 10.8. The molecule has 4 aliphatic rings. The Morgan fingerprint density at radius 2 is 1.97 bits per heavy atom. The summed E-state index contributed by atoms with van der Waals surface area (Å²) < 4.78 is 30.7. The summed E-state index contributed by atoms with van der Waals surface area (Å²) in [7, 11) is 0. The lowest BCUT2D eigenvalue weighted by atomic mass is 9.53. The number of alkyl halides is 2. The van der Waals surface area contributed by atoms with E-state index in [2.05, 4.69) is 0 Å². The minimum Gasteiger partial charge on any atom is -0.508 e. The smallest absolute Gasteiger partial charge is 0.253 e. The van der Waals surface area contributed by atoms with Gasteiger partial charge in [-0.3, -0.25) is 4.79 Å². The predicted octanol–water partition coefficient (Wildman–Crippen LogP) is 5.90. The van der Waals surface area contributed by atoms with Gasteiger partial charge in [-0.05, 0) is 98.3 Å². The van der Waals surface area contributed by atoms with E-state index in [9.17, 15) is 9.90 Å². The Labute approximate surface area is 184 Å². The molecule has 2 saturated carbocycles. The largest absolute Gasteiger partial charge is 0.508 e. The number of aryl methyl sites for hydroxylation is 1. The molecule has 5 atom stereocenters. The summed E-state index contributed by atoms with van der Waals surface area (Å²) in [5, 5.41) is 9.88. The number of amides is 1. The zero-order valence-corrected chi connectivity index (χ0v) is 18.6. The van der Waals surface area contributed by atoms with Gasteiger partial charge in [0.15, 0.2) is 0 Å². The molecule has 1 saturated heterocycles. The molecule has 3 aliphatic carbocycles. The van der Waals surface area contributed by atoms with Crippen LogP contribution in [-0.2, 0) is 11.2 Å². The number of carbonyl (C=O) groups is 1. The van der Waals surface area contributed by atoms with E-state index >= 15 is 8.78 Å². The van der Waals surface area contributed by atoms with Gasteiger partial charge in [0.25, 0.3) is 5.92 Å². The SMILES string of the molecule is C[C@]12CCC3c4ccc(O)cc4CCC3C1[C@H](CCC(=O)N1CCCCC1)CC2(F)F. The van der Waals surface area contributed by atoms with Gasteiger partial charge in [0.2, 0.25) is 5.91 Å². The maximum atomic E-state index is 15.4. The summed E-state index contributed by atoms with van der Waals surface area (Å²) in [6.07, 6.45) is 7.35. The Morgan fingerprint density at radius 3 is 2.74 bits per heavy atom. The molecule has 3 fully saturated rings. The zero-order chi connectivity index (χ0) is 21.8. The molecule has 0 radical (unpaired) electrons. The Bertz CT molecular complexity index is 850. The van der Waals surface area contributed by atoms with Crippen molar-refractivity contribution in [3.05, 3.63) is 29.3 Å². The number of rotatable bonds is 3. The first-order chi connectivity index (χ1) is 14.8. The van der Waals surface area contributed by atoms with Gasteiger partial charge in [-0.1, -0.05) is 13.0 Å². The molecule has 31 heavy (non-hydrogen) atoms. The monoisotopic (exact) mass is 431 g/mol. The van der Waals surface area contributed by atoms with Gasteiger partial charge in [0.1, 0.15) is 5.75 Å². The van der Waals surface area contributed by atoms with Crippen molar-refractivity contribution >= 4 is 5.91 Å². The van der Waals surface area contributed by atoms with Crippen LogP contribution >= 0.6 is 0 Å². The Kier molecular flexibility index (Phi) is 5.29. The van der Waals surface area contributed by atoms with Gasteiger partial charge in [-0.25, -0.2) is 8.78 Å². The molecular weight excluding hydrogens is 396 g/mol. The van der Waals surface area contributed by atoms with Crippen LogP contribution in [0.5, 0.6) is 5.75 Å². The molecule has 0 bridgehead atoms. The molecule has 5 rings (SSSR count). The highest BCUT2D eigenvalue weighted by Gasteiger charge is 2.67. The standard InChI is InChI=1S/C26H35F2NO2/c1-25-12-11-21-20-9-7-19(30)15-17(20)5-8-22(21)24(25)18(16-26(25,27)28)6-10-23(31)29-13-3-2-4-14-29/h7,9,15,18,21-22,24,30H,2-6,8,10-14,16H2,1H3/t18-,21?,22?,24?,25+/m1/s1. The van der Waals surface area contributed by atoms with Crippen LogP contribution < -0.4 is 0 Å². The molecule has 1 aromatic rings. The predicted molar refractivity (Wildman–Crippen MR) is 116 cm³/mol. The van der Waals surface area contributed by atoms with Crippen molar-refractivity contribution in [2.45, 2.75) is 83.0 Å². The zero-order valence-electron chi connectivity index (χ0n) is 18.6. The van der Waals surface area contributed by atoms with Crippen LogP contribution in [0.2, 0.25) is 0 Å². The second-order valence-electron chi connectivity index (χ2n) is 10.8. The normalized spacial score (nSPS) is 36.4. The molecule has 1 aromatic carbocycles. The van der Waals surface area contributed by atoms with Crippen LogP contribution in [0.3, 0.4) is 0 Å². The number of piperidine rings is 1. The number of nitrogens with zero attached hydrogens (tertiary/aromatic N) is 1. The van der Waals surface area contributed by atoms with Gasteiger partial charge in [-0.15, -0.1) is 0 Å². The summed E-state index contributed by atoms with van der Waals surface area (Å²) in [6, 6.07) is 5.62. The highest BCUT2D eigenvalue weighted by atomic mass is 19.3. The van der Waals surface area contributed by atoms with Crippen molar-refractivity contribution in [3.63, 3.8) is 0 Å². The summed E-state index contributed by atoms with van der Waals surface area (Å²) in [6.45, 7) is 3.48. The third kappa shape index (κ3) is 3.47. The van der Waals surface area contributed by atoms with E-state index in [4.69, 9.17) is 0 Å². The quantitative estimate of drug-likeness (QED) is 0.647. The number of phenolic OH excluding ortho intramolecular Hbond substituents is 1. The number of carbonyl (C=O) groups excluding carboxylic acids is 1. The fourth-order valence-corrected chi connectivity index (χ4v) is 7.70. The average molecular weight is 432 g/mol. The van der Waals surface area contributed by atoms with E-state index in [1.807, 2.05) is 24.0 Å². The minimum atomic E-state index is -2.66. The summed E-state index contributed by atoms with van der Waals surface area (Å²) in [4.78, 5) is 14.7. The van der Waals surface area contributed by atoms with Crippen LogP contribution in [0, 0.1) is 23.2 Å². The maximum Gasteiger partial charge on any atom is 0.253 e. The molecule has 0 aromatic heterocycles. The van der Waals surface area contributed by atoms with E-state index in [1.54, 1.807) is 6.07 Å². The lowest BCUT2D eigenvalue weighted by Gasteiger charge is -2.51. The van der Waals surface area contributed by atoms with Crippen LogP contribution in [-0.4, -0.2) is 34.9 Å². The molecule has 1 heterocycles. The van der Waals surface area contributed by atoms with Gasteiger partial charge >= 0.3 is 0 Å². The first-order valence-electron chi connectivity index (χ1n) is 12.3. The van der Waals surface area contributed by atoms with Gasteiger partial charge in [0, 0.05) is 31.3 Å². The molecule has 3 unspecified atom stereocenters. The summed E-state index contributed by atoms with van der Waals surface area (Å²) in [5.74, 6) is -1.77. The molecule has 3 nitrogen and oxygen atoms in total. The highest BCUT2D eigenvalue weighted by Crippen LogP contribution is 2.68. The minimum absolute atomic E-state index is 0.0302. The first kappa shape index (κ1) is 21.2. The van der Waals surface area contributed by atoms with E-state index in [-0.39, 0.29) is 30.1 Å². The molecule has 0 spiro atoms. The van der Waals surface area contributed by atoms with E-state index in [0.29, 0.717) is 30.9 Å². The van der Waals surface area contributed by atoms with E-state index in [1.165, 1.54) is 17.5 Å². The van der Waals surface area contributed by atoms with Crippen LogP contribution in [0.25, 0.3) is 0 Å². The molecule has 170 valence electrons. The number of aromatic hydroxyl groups is 1. The van der Waals surface area contributed by atoms with Crippen molar-refractivity contribution in [2.24, 2.45) is 23.2 Å². The van der Waals surface area contributed by atoms with E-state index < -0.39 is 11.3 Å². The molecule has 1 N–H and O–H groups in total. The number of benzene rings is 1. The third-order valence-electron chi connectivity index (χ3n) is 9.26. The number of hydrogen-bond acceptors (Lipinski definition) is 2. The van der Waals surface area contributed by atoms with Gasteiger partial charge in [-0.2, -0.15) is 0 Å². The molecule has 5 heteroatoms. The highest BCUT2D eigenvalue weighted by molar-refractivity contribution is 5.76. The fraction of sp³-hybridized carbons (Fsp3) is 0.731. The van der Waals surface area contributed by atoms with Gasteiger partial charge in [0.05, 0.1) is 0 Å². The summed E-state index contributed by atoms with van der Waals surface area (Å²) in [5.41, 5.74) is 1.49. The first-order valence-corrected chi connectivity index (χ1v) is 12.3. The molecule has 1 aliphatic heterocycles. The van der Waals surface area contributed by atoms with Crippen molar-refractivity contribution in [3.8, 4) is 5.75 Å².